The highest BCUT2D eigenvalue weighted by Crippen LogP contribution is 2.19. The van der Waals surface area contributed by atoms with Gasteiger partial charge in [-0.05, 0) is 37.9 Å². The van der Waals surface area contributed by atoms with Crippen molar-refractivity contribution in [3.8, 4) is 0 Å². The predicted molar refractivity (Wildman–Crippen MR) is 96.4 cm³/mol. The third-order valence-electron chi connectivity index (χ3n) is 4.62. The molecule has 0 saturated carbocycles. The zero-order valence-corrected chi connectivity index (χ0v) is 15.5. The first-order valence-electron chi connectivity index (χ1n) is 8.57. The topological polar surface area (TPSA) is 57.7 Å². The van der Waals surface area contributed by atoms with Crippen LogP contribution in [-0.2, 0) is 21.2 Å². The molecule has 1 heterocycles. The van der Waals surface area contributed by atoms with Gasteiger partial charge in [0.05, 0.1) is 5.75 Å². The van der Waals surface area contributed by atoms with E-state index in [0.29, 0.717) is 18.6 Å². The van der Waals surface area contributed by atoms with Crippen LogP contribution in [0.2, 0.25) is 0 Å². The van der Waals surface area contributed by atoms with Gasteiger partial charge >= 0.3 is 0 Å². The summed E-state index contributed by atoms with van der Waals surface area (Å²) in [7, 11) is -0.00184. The zero-order valence-electron chi connectivity index (χ0n) is 14.6. The number of piperidine rings is 1. The number of carbonyl (C=O) groups is 1. The minimum Gasteiger partial charge on any atom is -0.303 e. The molecule has 0 N–H and O–H groups in total. The lowest BCUT2D eigenvalue weighted by atomic mass is 9.90. The van der Waals surface area contributed by atoms with Crippen LogP contribution < -0.4 is 0 Å². The molecule has 1 saturated heterocycles. The summed E-state index contributed by atoms with van der Waals surface area (Å²) in [5.74, 6) is 0.537. The Bertz CT molecular complexity index is 629. The van der Waals surface area contributed by atoms with Gasteiger partial charge in [-0.15, -0.1) is 0 Å². The molecular weight excluding hydrogens is 324 g/mol. The minimum atomic E-state index is -3.13. The van der Waals surface area contributed by atoms with Gasteiger partial charge in [-0.1, -0.05) is 30.3 Å². The molecule has 0 radical (unpaired) electrons. The van der Waals surface area contributed by atoms with E-state index in [2.05, 4.69) is 4.90 Å². The molecule has 1 atom stereocenters. The second-order valence-corrected chi connectivity index (χ2v) is 9.02. The SMILES string of the molecule is CN(C)S(=O)(=O)CCCN1CCC[C@@H](C(=O)Cc2ccccc2)C1. The molecule has 2 rings (SSSR count). The van der Waals surface area contributed by atoms with Crippen LogP contribution in [0.15, 0.2) is 30.3 Å². The van der Waals surface area contributed by atoms with Crippen LogP contribution in [0.3, 0.4) is 0 Å². The quantitative estimate of drug-likeness (QED) is 0.716. The lowest BCUT2D eigenvalue weighted by Gasteiger charge is -2.32. The molecule has 1 fully saturated rings. The fourth-order valence-corrected chi connectivity index (χ4v) is 3.98. The summed E-state index contributed by atoms with van der Waals surface area (Å²) in [6.45, 7) is 2.45. The molecule has 5 nitrogen and oxygen atoms in total. The Kier molecular flexibility index (Phi) is 6.95. The largest absolute Gasteiger partial charge is 0.303 e. The van der Waals surface area contributed by atoms with Crippen molar-refractivity contribution in [3.63, 3.8) is 0 Å². The normalized spacial score (nSPS) is 19.5. The Balaban J connectivity index is 1.80. The third kappa shape index (κ3) is 5.69. The van der Waals surface area contributed by atoms with Crippen molar-refractivity contribution < 1.29 is 13.2 Å². The summed E-state index contributed by atoms with van der Waals surface area (Å²) in [5.41, 5.74) is 1.07. The number of likely N-dealkylation sites (tertiary alicyclic amines) is 1. The minimum absolute atomic E-state index is 0.0735. The average molecular weight is 353 g/mol. The zero-order chi connectivity index (χ0) is 17.6. The number of nitrogens with zero attached hydrogens (tertiary/aromatic N) is 2. The molecule has 0 unspecified atom stereocenters. The monoisotopic (exact) mass is 352 g/mol. The number of ketones is 1. The van der Waals surface area contributed by atoms with Gasteiger partial charge in [0.25, 0.3) is 0 Å². The molecule has 1 aromatic rings. The fourth-order valence-electron chi connectivity index (χ4n) is 3.12. The van der Waals surface area contributed by atoms with E-state index >= 15 is 0 Å². The van der Waals surface area contributed by atoms with E-state index in [0.717, 1.165) is 38.0 Å². The fraction of sp³-hybridized carbons (Fsp3) is 0.611. The van der Waals surface area contributed by atoms with E-state index in [1.54, 1.807) is 14.1 Å². The van der Waals surface area contributed by atoms with Crippen LogP contribution >= 0.6 is 0 Å². The van der Waals surface area contributed by atoms with Crippen LogP contribution in [0.5, 0.6) is 0 Å². The molecule has 0 spiro atoms. The molecule has 24 heavy (non-hydrogen) atoms. The maximum Gasteiger partial charge on any atom is 0.213 e. The van der Waals surface area contributed by atoms with E-state index < -0.39 is 10.0 Å². The van der Waals surface area contributed by atoms with Gasteiger partial charge in [0.15, 0.2) is 0 Å². The maximum absolute atomic E-state index is 12.5. The molecule has 6 heteroatoms. The second kappa shape index (κ2) is 8.74. The van der Waals surface area contributed by atoms with Gasteiger partial charge in [-0.2, -0.15) is 0 Å². The lowest BCUT2D eigenvalue weighted by Crippen LogP contribution is -2.40. The van der Waals surface area contributed by atoms with Crippen molar-refractivity contribution in [3.05, 3.63) is 35.9 Å². The predicted octanol–water partition coefficient (Wildman–Crippen LogP) is 1.79. The average Bonchev–Trinajstić information content (AvgIpc) is 2.56. The van der Waals surface area contributed by atoms with Crippen LogP contribution in [-0.4, -0.2) is 62.9 Å². The smallest absolute Gasteiger partial charge is 0.213 e. The Hall–Kier alpha value is -1.24. The van der Waals surface area contributed by atoms with Gasteiger partial charge < -0.3 is 4.90 Å². The van der Waals surface area contributed by atoms with Crippen molar-refractivity contribution in [1.82, 2.24) is 9.21 Å². The van der Waals surface area contributed by atoms with Gasteiger partial charge in [-0.3, -0.25) is 4.79 Å². The molecule has 0 aromatic heterocycles. The van der Waals surface area contributed by atoms with E-state index in [1.807, 2.05) is 30.3 Å². The van der Waals surface area contributed by atoms with Gasteiger partial charge in [-0.25, -0.2) is 12.7 Å². The van der Waals surface area contributed by atoms with E-state index in [1.165, 1.54) is 4.31 Å². The molecule has 0 bridgehead atoms. The highest BCUT2D eigenvalue weighted by Gasteiger charge is 2.25. The highest BCUT2D eigenvalue weighted by molar-refractivity contribution is 7.89. The number of rotatable bonds is 8. The van der Waals surface area contributed by atoms with E-state index in [9.17, 15) is 13.2 Å². The van der Waals surface area contributed by atoms with Crippen molar-refractivity contribution >= 4 is 15.8 Å². The van der Waals surface area contributed by atoms with Crippen molar-refractivity contribution in [1.29, 1.82) is 0 Å². The number of Topliss-reactive ketones (excluding diaryl/α,β-unsaturated/α-hetero) is 1. The highest BCUT2D eigenvalue weighted by atomic mass is 32.2. The molecular formula is C18H28N2O3S. The molecule has 1 aromatic carbocycles. The van der Waals surface area contributed by atoms with Crippen LogP contribution in [0.1, 0.15) is 24.8 Å². The number of carbonyl (C=O) groups excluding carboxylic acids is 1. The Morgan fingerprint density at radius 1 is 1.25 bits per heavy atom. The molecule has 0 amide bonds. The lowest BCUT2D eigenvalue weighted by molar-refractivity contribution is -0.123. The summed E-state index contributed by atoms with van der Waals surface area (Å²) in [6.07, 6.45) is 3.05. The first-order valence-corrected chi connectivity index (χ1v) is 10.2. The molecule has 134 valence electrons. The van der Waals surface area contributed by atoms with Gasteiger partial charge in [0.1, 0.15) is 5.78 Å². The maximum atomic E-state index is 12.5. The van der Waals surface area contributed by atoms with Crippen molar-refractivity contribution in [2.24, 2.45) is 5.92 Å². The van der Waals surface area contributed by atoms with Crippen LogP contribution in [0, 0.1) is 5.92 Å². The van der Waals surface area contributed by atoms with Crippen LogP contribution in [0.4, 0.5) is 0 Å². The summed E-state index contributed by atoms with van der Waals surface area (Å²) in [4.78, 5) is 14.7. The molecule has 1 aliphatic heterocycles. The Morgan fingerprint density at radius 3 is 2.62 bits per heavy atom. The second-order valence-electron chi connectivity index (χ2n) is 6.72. The summed E-state index contributed by atoms with van der Waals surface area (Å²) >= 11 is 0. The summed E-state index contributed by atoms with van der Waals surface area (Å²) in [5, 5.41) is 0. The number of hydrogen-bond acceptors (Lipinski definition) is 4. The van der Waals surface area contributed by atoms with E-state index in [4.69, 9.17) is 0 Å². The van der Waals surface area contributed by atoms with E-state index in [-0.39, 0.29) is 11.7 Å². The first kappa shape index (κ1) is 19.1. The molecule has 0 aliphatic carbocycles. The standard InChI is InChI=1S/C18H28N2O3S/c1-19(2)24(22,23)13-7-12-20-11-6-10-17(15-20)18(21)14-16-8-4-3-5-9-16/h3-5,8-9,17H,6-7,10-15H2,1-2H3/t17-/m1/s1. The van der Waals surface area contributed by atoms with Gasteiger partial charge in [0.2, 0.25) is 10.0 Å². The number of hydrogen-bond donors (Lipinski definition) is 0. The summed E-state index contributed by atoms with van der Waals surface area (Å²) in [6, 6.07) is 9.86. The first-order chi connectivity index (χ1) is 11.4. The van der Waals surface area contributed by atoms with Gasteiger partial charge in [0, 0.05) is 33.0 Å². The number of sulfonamides is 1. The van der Waals surface area contributed by atoms with Crippen LogP contribution in [0.25, 0.3) is 0 Å². The third-order valence-corrected chi connectivity index (χ3v) is 6.53. The Labute approximate surface area is 145 Å². The number of benzene rings is 1. The molecule has 1 aliphatic rings. The Morgan fingerprint density at radius 2 is 1.96 bits per heavy atom. The summed E-state index contributed by atoms with van der Waals surface area (Å²) < 4.78 is 24.9. The van der Waals surface area contributed by atoms with Crippen molar-refractivity contribution in [2.75, 3.05) is 39.5 Å². The van der Waals surface area contributed by atoms with Crippen molar-refractivity contribution in [2.45, 2.75) is 25.7 Å².